The van der Waals surface area contributed by atoms with E-state index in [9.17, 15) is 18.5 Å². The quantitative estimate of drug-likeness (QED) is 0.425. The van der Waals surface area contributed by atoms with Gasteiger partial charge in [-0.1, -0.05) is 17.7 Å². The van der Waals surface area contributed by atoms with Crippen molar-refractivity contribution in [2.24, 2.45) is 0 Å². The second-order valence-corrected chi connectivity index (χ2v) is 10.1. The molecule has 0 spiro atoms. The highest BCUT2D eigenvalue weighted by Gasteiger charge is 2.19. The first kappa shape index (κ1) is 23.9. The van der Waals surface area contributed by atoms with Crippen LogP contribution < -0.4 is 0 Å². The van der Waals surface area contributed by atoms with Crippen LogP contribution in [0.2, 0.25) is 0 Å². The average molecular weight is 447 g/mol. The molecule has 0 saturated carbocycles. The zero-order valence-electron chi connectivity index (χ0n) is 17.7. The molecule has 0 fully saturated rings. The van der Waals surface area contributed by atoms with Crippen molar-refractivity contribution in [2.75, 3.05) is 18.1 Å². The highest BCUT2D eigenvalue weighted by atomic mass is 32.2. The SMILES string of the molecule is CCOC(=O)CCc1c(C)nc(SCCS(=O)(=O)c2ccc(C)cc2)c(C#N)c1C. The number of ether oxygens (including phenoxy) is 1. The minimum atomic E-state index is -3.40. The molecule has 0 saturated heterocycles. The third-order valence-corrected chi connectivity index (χ3v) is 7.68. The van der Waals surface area contributed by atoms with Gasteiger partial charge in [0.15, 0.2) is 9.84 Å². The van der Waals surface area contributed by atoms with Crippen LogP contribution in [0.3, 0.4) is 0 Å². The Hall–Kier alpha value is -2.37. The smallest absolute Gasteiger partial charge is 0.306 e. The molecule has 0 atom stereocenters. The number of carbonyl (C=O) groups excluding carboxylic acids is 1. The zero-order chi connectivity index (χ0) is 22.3. The predicted molar refractivity (Wildman–Crippen MR) is 117 cm³/mol. The van der Waals surface area contributed by atoms with E-state index in [4.69, 9.17) is 4.74 Å². The van der Waals surface area contributed by atoms with Crippen LogP contribution in [0.4, 0.5) is 0 Å². The highest BCUT2D eigenvalue weighted by molar-refractivity contribution is 8.00. The van der Waals surface area contributed by atoms with E-state index in [0.29, 0.717) is 34.3 Å². The van der Waals surface area contributed by atoms with Crippen LogP contribution in [-0.2, 0) is 25.8 Å². The summed E-state index contributed by atoms with van der Waals surface area (Å²) in [5.41, 5.74) is 3.80. The van der Waals surface area contributed by atoms with E-state index in [0.717, 1.165) is 22.4 Å². The zero-order valence-corrected chi connectivity index (χ0v) is 19.3. The molecule has 1 heterocycles. The molecule has 0 amide bonds. The summed E-state index contributed by atoms with van der Waals surface area (Å²) in [6.45, 7) is 7.67. The fourth-order valence-corrected chi connectivity index (χ4v) is 5.77. The second-order valence-electron chi connectivity index (χ2n) is 6.88. The number of carbonyl (C=O) groups is 1. The van der Waals surface area contributed by atoms with E-state index in [1.807, 2.05) is 20.8 Å². The van der Waals surface area contributed by atoms with Crippen molar-refractivity contribution in [3.63, 3.8) is 0 Å². The van der Waals surface area contributed by atoms with Crippen LogP contribution in [0, 0.1) is 32.1 Å². The molecule has 2 rings (SSSR count). The monoisotopic (exact) mass is 446 g/mol. The van der Waals surface area contributed by atoms with Crippen LogP contribution in [0.5, 0.6) is 0 Å². The molecule has 2 aromatic rings. The van der Waals surface area contributed by atoms with Gasteiger partial charge in [0, 0.05) is 17.9 Å². The number of sulfone groups is 1. The molecule has 0 aliphatic rings. The van der Waals surface area contributed by atoms with Gasteiger partial charge in [0.25, 0.3) is 0 Å². The Morgan fingerprint density at radius 1 is 1.20 bits per heavy atom. The Labute approximate surface area is 182 Å². The van der Waals surface area contributed by atoms with Crippen molar-refractivity contribution in [1.29, 1.82) is 5.26 Å². The molecule has 1 aromatic carbocycles. The minimum Gasteiger partial charge on any atom is -0.466 e. The Bertz CT molecular complexity index is 1060. The van der Waals surface area contributed by atoms with Gasteiger partial charge in [0.05, 0.1) is 22.8 Å². The Kier molecular flexibility index (Phi) is 8.44. The summed E-state index contributed by atoms with van der Waals surface area (Å²) in [5.74, 6) is -0.0378. The van der Waals surface area contributed by atoms with Crippen molar-refractivity contribution in [3.05, 3.63) is 52.2 Å². The number of benzene rings is 1. The van der Waals surface area contributed by atoms with Gasteiger partial charge in [0.2, 0.25) is 0 Å². The minimum absolute atomic E-state index is 0.0457. The van der Waals surface area contributed by atoms with Gasteiger partial charge in [-0.25, -0.2) is 13.4 Å². The molecule has 0 aliphatic heterocycles. The topological polar surface area (TPSA) is 97.1 Å². The number of nitrogens with zero attached hydrogens (tertiary/aromatic N) is 2. The van der Waals surface area contributed by atoms with Gasteiger partial charge in [-0.15, -0.1) is 11.8 Å². The van der Waals surface area contributed by atoms with Crippen molar-refractivity contribution < 1.29 is 17.9 Å². The number of aromatic nitrogens is 1. The van der Waals surface area contributed by atoms with Gasteiger partial charge >= 0.3 is 5.97 Å². The molecule has 30 heavy (non-hydrogen) atoms. The lowest BCUT2D eigenvalue weighted by molar-refractivity contribution is -0.143. The van der Waals surface area contributed by atoms with Crippen LogP contribution in [0.15, 0.2) is 34.2 Å². The van der Waals surface area contributed by atoms with E-state index in [-0.39, 0.29) is 18.1 Å². The van der Waals surface area contributed by atoms with Crippen LogP contribution in [-0.4, -0.2) is 37.5 Å². The van der Waals surface area contributed by atoms with Crippen molar-refractivity contribution in [3.8, 4) is 6.07 Å². The van der Waals surface area contributed by atoms with Gasteiger partial charge in [-0.3, -0.25) is 4.79 Å². The Morgan fingerprint density at radius 3 is 2.47 bits per heavy atom. The lowest BCUT2D eigenvalue weighted by atomic mass is 9.99. The van der Waals surface area contributed by atoms with Crippen molar-refractivity contribution in [2.45, 2.75) is 50.5 Å². The molecule has 6 nitrogen and oxygen atoms in total. The number of hydrogen-bond donors (Lipinski definition) is 0. The molecule has 0 bridgehead atoms. The van der Waals surface area contributed by atoms with E-state index in [2.05, 4.69) is 11.1 Å². The number of rotatable bonds is 9. The van der Waals surface area contributed by atoms with Crippen molar-refractivity contribution >= 4 is 27.6 Å². The van der Waals surface area contributed by atoms with Gasteiger partial charge in [0.1, 0.15) is 11.1 Å². The summed E-state index contributed by atoms with van der Waals surface area (Å²) in [5, 5.41) is 10.1. The molecule has 1 aromatic heterocycles. The lowest BCUT2D eigenvalue weighted by Gasteiger charge is -2.14. The normalized spacial score (nSPS) is 11.2. The summed E-state index contributed by atoms with van der Waals surface area (Å²) in [4.78, 5) is 16.5. The van der Waals surface area contributed by atoms with E-state index < -0.39 is 9.84 Å². The maximum atomic E-state index is 12.5. The molecule has 0 N–H and O–H groups in total. The highest BCUT2D eigenvalue weighted by Crippen LogP contribution is 2.28. The van der Waals surface area contributed by atoms with Gasteiger partial charge < -0.3 is 4.74 Å². The lowest BCUT2D eigenvalue weighted by Crippen LogP contribution is -2.11. The van der Waals surface area contributed by atoms with Crippen LogP contribution in [0.25, 0.3) is 0 Å². The summed E-state index contributed by atoms with van der Waals surface area (Å²) < 4.78 is 30.0. The second kappa shape index (κ2) is 10.6. The number of thioether (sulfide) groups is 1. The number of pyridine rings is 1. The number of hydrogen-bond acceptors (Lipinski definition) is 7. The largest absolute Gasteiger partial charge is 0.466 e. The van der Waals surface area contributed by atoms with E-state index in [1.54, 1.807) is 31.2 Å². The van der Waals surface area contributed by atoms with Crippen molar-refractivity contribution in [1.82, 2.24) is 4.98 Å². The first-order valence-corrected chi connectivity index (χ1v) is 12.3. The standard InChI is InChI=1S/C22H26N2O4S2/c1-5-28-21(25)11-10-19-16(3)20(14-23)22(24-17(19)4)29-12-13-30(26,27)18-8-6-15(2)7-9-18/h6-9H,5,10-13H2,1-4H3. The maximum Gasteiger partial charge on any atom is 0.306 e. The predicted octanol–water partition coefficient (Wildman–Crippen LogP) is 3.94. The maximum absolute atomic E-state index is 12.5. The Balaban J connectivity index is 2.13. The molecule has 160 valence electrons. The Morgan fingerprint density at radius 2 is 1.87 bits per heavy atom. The summed E-state index contributed by atoms with van der Waals surface area (Å²) in [6.07, 6.45) is 0.675. The molecular weight excluding hydrogens is 420 g/mol. The fraction of sp³-hybridized carbons (Fsp3) is 0.409. The van der Waals surface area contributed by atoms with Crippen LogP contribution >= 0.6 is 11.8 Å². The number of nitriles is 1. The van der Waals surface area contributed by atoms with Crippen LogP contribution in [0.1, 0.15) is 41.3 Å². The molecular formula is C22H26N2O4S2. The molecule has 0 aliphatic carbocycles. The fourth-order valence-electron chi connectivity index (χ4n) is 3.03. The van der Waals surface area contributed by atoms with E-state index in [1.165, 1.54) is 11.8 Å². The molecule has 0 radical (unpaired) electrons. The van der Waals surface area contributed by atoms with Gasteiger partial charge in [-0.05, 0) is 57.4 Å². The summed E-state index contributed by atoms with van der Waals surface area (Å²) in [6, 6.07) is 8.95. The van der Waals surface area contributed by atoms with E-state index >= 15 is 0 Å². The third-order valence-electron chi connectivity index (χ3n) is 4.71. The number of aryl methyl sites for hydroxylation is 2. The van der Waals surface area contributed by atoms with Gasteiger partial charge in [-0.2, -0.15) is 5.26 Å². The summed E-state index contributed by atoms with van der Waals surface area (Å²) >= 11 is 1.26. The molecule has 8 heteroatoms. The first-order valence-electron chi connectivity index (χ1n) is 9.67. The third kappa shape index (κ3) is 6.07. The number of esters is 1. The average Bonchev–Trinajstić information content (AvgIpc) is 2.68. The summed E-state index contributed by atoms with van der Waals surface area (Å²) in [7, 11) is -3.40. The molecule has 0 unspecified atom stereocenters. The first-order chi connectivity index (χ1) is 14.2.